The minimum Gasteiger partial charge on any atom is -0.356 e. The molecule has 1 aliphatic heterocycles. The number of rotatable bonds is 6. The van der Waals surface area contributed by atoms with Gasteiger partial charge in [-0.25, -0.2) is 0 Å². The molecule has 1 heterocycles. The lowest BCUT2D eigenvalue weighted by atomic mass is 9.93. The molecule has 0 unspecified atom stereocenters. The Balaban J connectivity index is 0.00000364. The summed E-state index contributed by atoms with van der Waals surface area (Å²) in [6.07, 6.45) is -1.54. The average molecular weight is 519 g/mol. The van der Waals surface area contributed by atoms with Crippen molar-refractivity contribution in [3.05, 3.63) is 34.9 Å². The van der Waals surface area contributed by atoms with Crippen LogP contribution in [0.25, 0.3) is 0 Å². The van der Waals surface area contributed by atoms with E-state index in [4.69, 9.17) is 11.6 Å². The molecule has 0 aliphatic carbocycles. The lowest BCUT2D eigenvalue weighted by Gasteiger charge is -2.32. The van der Waals surface area contributed by atoms with Gasteiger partial charge in [0.05, 0.1) is 6.54 Å². The van der Waals surface area contributed by atoms with Crippen LogP contribution < -0.4 is 10.6 Å². The standard InChI is InChI=1S/C18H26ClF3N4.HI/c1-23-17(25-12-15-2-4-16(19)5-3-15)24-9-6-14-7-10-26(11-8-14)13-18(20,21)22;/h2-5,14H,6-13H2,1H3,(H2,23,24,25);1H. The van der Waals surface area contributed by atoms with Crippen molar-refractivity contribution >= 4 is 41.5 Å². The first-order valence-electron chi connectivity index (χ1n) is 8.84. The van der Waals surface area contributed by atoms with Crippen molar-refractivity contribution in [1.29, 1.82) is 0 Å². The van der Waals surface area contributed by atoms with Crippen LogP contribution in [0.15, 0.2) is 29.3 Å². The third kappa shape index (κ3) is 9.84. The van der Waals surface area contributed by atoms with Crippen molar-refractivity contribution in [3.63, 3.8) is 0 Å². The van der Waals surface area contributed by atoms with Crippen molar-refractivity contribution in [3.8, 4) is 0 Å². The van der Waals surface area contributed by atoms with Crippen LogP contribution in [0.3, 0.4) is 0 Å². The van der Waals surface area contributed by atoms with E-state index in [-0.39, 0.29) is 24.0 Å². The van der Waals surface area contributed by atoms with Gasteiger partial charge in [0, 0.05) is 25.2 Å². The monoisotopic (exact) mass is 518 g/mol. The van der Waals surface area contributed by atoms with Crippen LogP contribution in [0.5, 0.6) is 0 Å². The van der Waals surface area contributed by atoms with Crippen molar-refractivity contribution in [2.45, 2.75) is 32.0 Å². The van der Waals surface area contributed by atoms with Gasteiger partial charge in [0.25, 0.3) is 0 Å². The smallest absolute Gasteiger partial charge is 0.356 e. The molecule has 9 heteroatoms. The second kappa shape index (κ2) is 12.0. The van der Waals surface area contributed by atoms with Gasteiger partial charge in [-0.05, 0) is 56.0 Å². The molecular formula is C18H27ClF3IN4. The highest BCUT2D eigenvalue weighted by Gasteiger charge is 2.32. The fourth-order valence-corrected chi connectivity index (χ4v) is 3.22. The fraction of sp³-hybridized carbons (Fsp3) is 0.611. The molecular weight excluding hydrogens is 492 g/mol. The van der Waals surface area contributed by atoms with Crippen molar-refractivity contribution in [1.82, 2.24) is 15.5 Å². The summed E-state index contributed by atoms with van der Waals surface area (Å²) >= 11 is 5.87. The van der Waals surface area contributed by atoms with Gasteiger partial charge in [-0.15, -0.1) is 24.0 Å². The zero-order valence-electron chi connectivity index (χ0n) is 15.4. The van der Waals surface area contributed by atoms with Crippen molar-refractivity contribution in [2.75, 3.05) is 33.2 Å². The minimum absolute atomic E-state index is 0. The van der Waals surface area contributed by atoms with Gasteiger partial charge in [-0.3, -0.25) is 9.89 Å². The Morgan fingerprint density at radius 3 is 2.37 bits per heavy atom. The number of likely N-dealkylation sites (tertiary alicyclic amines) is 1. The molecule has 0 saturated carbocycles. The maximum absolute atomic E-state index is 12.4. The molecule has 0 atom stereocenters. The molecule has 0 radical (unpaired) electrons. The van der Waals surface area contributed by atoms with Crippen molar-refractivity contribution in [2.24, 2.45) is 10.9 Å². The SMILES string of the molecule is CN=C(NCCC1CCN(CC(F)(F)F)CC1)NCc1ccc(Cl)cc1.I. The van der Waals surface area contributed by atoms with Crippen LogP contribution in [-0.4, -0.2) is 50.3 Å². The zero-order valence-corrected chi connectivity index (χ0v) is 18.4. The molecule has 1 aromatic carbocycles. The third-order valence-electron chi connectivity index (χ3n) is 4.55. The molecule has 2 N–H and O–H groups in total. The van der Waals surface area contributed by atoms with E-state index in [1.54, 1.807) is 7.05 Å². The minimum atomic E-state index is -4.10. The molecule has 0 spiro atoms. The Kier molecular flexibility index (Phi) is 10.8. The quantitative estimate of drug-likeness (QED) is 0.335. The molecule has 1 aromatic rings. The van der Waals surface area contributed by atoms with Crippen LogP contribution in [0, 0.1) is 5.92 Å². The van der Waals surface area contributed by atoms with Gasteiger partial charge in [0.2, 0.25) is 0 Å². The lowest BCUT2D eigenvalue weighted by Crippen LogP contribution is -2.41. The van der Waals surface area contributed by atoms with E-state index in [9.17, 15) is 13.2 Å². The third-order valence-corrected chi connectivity index (χ3v) is 4.80. The van der Waals surface area contributed by atoms with E-state index < -0.39 is 12.7 Å². The summed E-state index contributed by atoms with van der Waals surface area (Å²) in [6.45, 7) is 1.65. The summed E-state index contributed by atoms with van der Waals surface area (Å²) in [5.74, 6) is 1.18. The van der Waals surface area contributed by atoms with E-state index in [1.807, 2.05) is 24.3 Å². The summed E-state index contributed by atoms with van der Waals surface area (Å²) in [7, 11) is 1.72. The Morgan fingerprint density at radius 1 is 1.19 bits per heavy atom. The van der Waals surface area contributed by atoms with Gasteiger partial charge in [-0.2, -0.15) is 13.2 Å². The topological polar surface area (TPSA) is 39.7 Å². The van der Waals surface area contributed by atoms with Gasteiger partial charge in [-0.1, -0.05) is 23.7 Å². The summed E-state index contributed by atoms with van der Waals surface area (Å²) < 4.78 is 37.2. The first-order valence-corrected chi connectivity index (χ1v) is 9.21. The first-order chi connectivity index (χ1) is 12.4. The maximum Gasteiger partial charge on any atom is 0.401 e. The number of hydrogen-bond donors (Lipinski definition) is 2. The van der Waals surface area contributed by atoms with E-state index in [2.05, 4.69) is 15.6 Å². The summed E-state index contributed by atoms with van der Waals surface area (Å²) in [5, 5.41) is 7.21. The predicted octanol–water partition coefficient (Wildman–Crippen LogP) is 4.29. The second-order valence-electron chi connectivity index (χ2n) is 6.60. The Morgan fingerprint density at radius 2 is 1.81 bits per heavy atom. The highest BCUT2D eigenvalue weighted by atomic mass is 127. The highest BCUT2D eigenvalue weighted by Crippen LogP contribution is 2.23. The molecule has 154 valence electrons. The van der Waals surface area contributed by atoms with Gasteiger partial charge in [0.15, 0.2) is 5.96 Å². The normalized spacial score (nSPS) is 16.7. The predicted molar refractivity (Wildman–Crippen MR) is 115 cm³/mol. The largest absolute Gasteiger partial charge is 0.401 e. The molecule has 4 nitrogen and oxygen atoms in total. The Hall–Kier alpha value is -0.740. The number of piperidine rings is 1. The molecule has 1 aliphatic rings. The lowest BCUT2D eigenvalue weighted by molar-refractivity contribution is -0.148. The van der Waals surface area contributed by atoms with E-state index >= 15 is 0 Å². The summed E-state index contributed by atoms with van der Waals surface area (Å²) in [4.78, 5) is 5.69. The molecule has 27 heavy (non-hydrogen) atoms. The van der Waals surface area contributed by atoms with Gasteiger partial charge >= 0.3 is 6.18 Å². The molecule has 0 bridgehead atoms. The number of nitrogens with one attached hydrogen (secondary N) is 2. The fourth-order valence-electron chi connectivity index (χ4n) is 3.09. The number of hydrogen-bond acceptors (Lipinski definition) is 2. The van der Waals surface area contributed by atoms with Crippen molar-refractivity contribution < 1.29 is 13.2 Å². The number of nitrogens with zero attached hydrogens (tertiary/aromatic N) is 2. The Bertz CT molecular complexity index is 573. The number of guanidine groups is 1. The van der Waals surface area contributed by atoms with Crippen LogP contribution in [0.4, 0.5) is 13.2 Å². The average Bonchev–Trinajstić information content (AvgIpc) is 2.59. The molecule has 0 amide bonds. The highest BCUT2D eigenvalue weighted by molar-refractivity contribution is 14.0. The van der Waals surface area contributed by atoms with E-state index in [1.165, 1.54) is 4.90 Å². The number of benzene rings is 1. The summed E-state index contributed by atoms with van der Waals surface area (Å²) in [6, 6.07) is 7.61. The summed E-state index contributed by atoms with van der Waals surface area (Å²) in [5.41, 5.74) is 1.11. The molecule has 2 rings (SSSR count). The van der Waals surface area contributed by atoms with Crippen LogP contribution >= 0.6 is 35.6 Å². The van der Waals surface area contributed by atoms with Crippen LogP contribution in [-0.2, 0) is 6.54 Å². The zero-order chi connectivity index (χ0) is 19.0. The molecule has 1 fully saturated rings. The molecule has 1 saturated heterocycles. The maximum atomic E-state index is 12.4. The van der Waals surface area contributed by atoms with E-state index in [0.717, 1.165) is 37.3 Å². The number of halogens is 5. The van der Waals surface area contributed by atoms with Crippen LogP contribution in [0.2, 0.25) is 5.02 Å². The van der Waals surface area contributed by atoms with E-state index in [0.29, 0.717) is 30.6 Å². The Labute approximate surface area is 181 Å². The van der Waals surface area contributed by atoms with Gasteiger partial charge < -0.3 is 10.6 Å². The number of alkyl halides is 3. The van der Waals surface area contributed by atoms with Crippen LogP contribution in [0.1, 0.15) is 24.8 Å². The number of aliphatic imine (C=N–C) groups is 1. The second-order valence-corrected chi connectivity index (χ2v) is 7.04. The first kappa shape index (κ1) is 24.3. The molecule has 0 aromatic heterocycles. The van der Waals surface area contributed by atoms with Gasteiger partial charge in [0.1, 0.15) is 0 Å².